The fraction of sp³-hybridized carbons (Fsp3) is 0.581. The molecule has 10 heteroatoms. The van der Waals surface area contributed by atoms with Gasteiger partial charge in [0.25, 0.3) is 0 Å². The Morgan fingerprint density at radius 1 is 0.756 bits per heavy atom. The van der Waals surface area contributed by atoms with Crippen LogP contribution in [0.1, 0.15) is 20.8 Å². The Bertz CT molecular complexity index is 1210. The standard InChI is InChI=1S/C18H25ClN2O3.C13H17ClN2O/c1-18(2,3)24-17(22)21-10-12-8-20(9-13(12)11-21)14-5-6-15(19)16(7-14)23-4;1-17-13-4-11(2-3-12(13)14)16-7-9-5-15-6-10(9)8-16/h5-7,12-13H,8-11H2,1-4H3;2-4,9-10,15H,5-8H2,1H3. The minimum atomic E-state index is -0.444. The third-order valence-corrected chi connectivity index (χ3v) is 9.15. The number of methoxy groups -OCH3 is 2. The van der Waals surface area contributed by atoms with Crippen LogP contribution < -0.4 is 24.6 Å². The molecule has 224 valence electrons. The largest absolute Gasteiger partial charge is 0.495 e. The molecule has 4 aliphatic rings. The summed E-state index contributed by atoms with van der Waals surface area (Å²) in [6.45, 7) is 13.7. The second-order valence-electron chi connectivity index (χ2n) is 12.5. The molecule has 4 heterocycles. The van der Waals surface area contributed by atoms with E-state index in [1.54, 1.807) is 14.2 Å². The van der Waals surface area contributed by atoms with E-state index in [1.807, 2.05) is 56.0 Å². The highest BCUT2D eigenvalue weighted by atomic mass is 35.5. The number of hydrogen-bond donors (Lipinski definition) is 1. The van der Waals surface area contributed by atoms with Crippen molar-refractivity contribution in [3.8, 4) is 11.5 Å². The lowest BCUT2D eigenvalue weighted by Crippen LogP contribution is -2.37. The van der Waals surface area contributed by atoms with Crippen LogP contribution >= 0.6 is 23.2 Å². The van der Waals surface area contributed by atoms with Crippen molar-refractivity contribution in [2.75, 3.05) is 76.4 Å². The lowest BCUT2D eigenvalue weighted by atomic mass is 10.0. The molecule has 4 saturated heterocycles. The number of benzene rings is 2. The number of amides is 1. The lowest BCUT2D eigenvalue weighted by molar-refractivity contribution is 0.0282. The molecule has 6 rings (SSSR count). The van der Waals surface area contributed by atoms with Crippen molar-refractivity contribution in [1.29, 1.82) is 0 Å². The van der Waals surface area contributed by atoms with E-state index in [4.69, 9.17) is 37.4 Å². The molecule has 4 aliphatic heterocycles. The molecule has 0 bridgehead atoms. The molecular formula is C31H42Cl2N4O4. The molecule has 1 amide bonds. The van der Waals surface area contributed by atoms with Crippen LogP contribution in [0.2, 0.25) is 10.0 Å². The van der Waals surface area contributed by atoms with E-state index >= 15 is 0 Å². The molecular weight excluding hydrogens is 563 g/mol. The van der Waals surface area contributed by atoms with Gasteiger partial charge in [0.2, 0.25) is 0 Å². The molecule has 0 aliphatic carbocycles. The predicted octanol–water partition coefficient (Wildman–Crippen LogP) is 5.66. The number of fused-ring (bicyclic) bond motifs is 2. The topological polar surface area (TPSA) is 66.5 Å². The van der Waals surface area contributed by atoms with Crippen LogP contribution in [0.4, 0.5) is 16.2 Å². The summed E-state index contributed by atoms with van der Waals surface area (Å²) in [6.07, 6.45) is -0.198. The maximum Gasteiger partial charge on any atom is 0.410 e. The number of hydrogen-bond acceptors (Lipinski definition) is 7. The maximum atomic E-state index is 12.2. The summed E-state index contributed by atoms with van der Waals surface area (Å²) in [7, 11) is 3.29. The smallest absolute Gasteiger partial charge is 0.410 e. The molecule has 1 N–H and O–H groups in total. The monoisotopic (exact) mass is 604 g/mol. The van der Waals surface area contributed by atoms with Gasteiger partial charge in [0.05, 0.1) is 24.3 Å². The maximum absolute atomic E-state index is 12.2. The number of halogens is 2. The molecule has 4 unspecified atom stereocenters. The van der Waals surface area contributed by atoms with Crippen LogP contribution in [0, 0.1) is 23.7 Å². The van der Waals surface area contributed by atoms with Crippen molar-refractivity contribution in [2.45, 2.75) is 26.4 Å². The SMILES string of the molecule is COc1cc(N2CC3CN(C(=O)OC(C)(C)C)CC3C2)ccc1Cl.COc1cc(N2CC3CNCC3C2)ccc1Cl. The molecule has 0 aromatic heterocycles. The van der Waals surface area contributed by atoms with Gasteiger partial charge in [0.15, 0.2) is 0 Å². The van der Waals surface area contributed by atoms with Crippen LogP contribution in [0.3, 0.4) is 0 Å². The van der Waals surface area contributed by atoms with Gasteiger partial charge in [0.1, 0.15) is 17.1 Å². The van der Waals surface area contributed by atoms with Gasteiger partial charge in [-0.1, -0.05) is 23.2 Å². The molecule has 4 fully saturated rings. The molecule has 41 heavy (non-hydrogen) atoms. The number of anilines is 2. The first-order valence-electron chi connectivity index (χ1n) is 14.4. The summed E-state index contributed by atoms with van der Waals surface area (Å²) in [6, 6.07) is 11.9. The van der Waals surface area contributed by atoms with Crippen molar-refractivity contribution in [1.82, 2.24) is 10.2 Å². The van der Waals surface area contributed by atoms with Gasteiger partial charge < -0.3 is 34.2 Å². The first-order valence-corrected chi connectivity index (χ1v) is 15.2. The Hall–Kier alpha value is -2.55. The van der Waals surface area contributed by atoms with Crippen LogP contribution in [0.5, 0.6) is 11.5 Å². The zero-order valence-corrected chi connectivity index (χ0v) is 26.2. The third kappa shape index (κ3) is 6.92. The number of carbonyl (C=O) groups excluding carboxylic acids is 1. The number of rotatable bonds is 4. The average molecular weight is 606 g/mol. The Morgan fingerprint density at radius 2 is 1.20 bits per heavy atom. The van der Waals surface area contributed by atoms with Crippen LogP contribution in [0.15, 0.2) is 36.4 Å². The van der Waals surface area contributed by atoms with Crippen molar-refractivity contribution >= 4 is 40.7 Å². The van der Waals surface area contributed by atoms with Crippen LogP contribution in [0.25, 0.3) is 0 Å². The Morgan fingerprint density at radius 3 is 1.61 bits per heavy atom. The molecule has 0 radical (unpaired) electrons. The summed E-state index contributed by atoms with van der Waals surface area (Å²) in [5.74, 6) is 4.03. The molecule has 0 spiro atoms. The fourth-order valence-electron chi connectivity index (χ4n) is 6.44. The highest BCUT2D eigenvalue weighted by Gasteiger charge is 2.43. The average Bonchev–Trinajstić information content (AvgIpc) is 3.69. The van der Waals surface area contributed by atoms with E-state index in [0.717, 1.165) is 75.6 Å². The number of carbonyl (C=O) groups is 1. The van der Waals surface area contributed by atoms with Gasteiger partial charge in [-0.3, -0.25) is 0 Å². The quantitative estimate of drug-likeness (QED) is 0.483. The normalized spacial score (nSPS) is 25.0. The Kier molecular flexibility index (Phi) is 9.02. The summed E-state index contributed by atoms with van der Waals surface area (Å²) >= 11 is 12.1. The highest BCUT2D eigenvalue weighted by Crippen LogP contribution is 2.37. The first kappa shape index (κ1) is 29.9. The molecule has 0 saturated carbocycles. The van der Waals surface area contributed by atoms with Crippen molar-refractivity contribution in [2.24, 2.45) is 23.7 Å². The summed E-state index contributed by atoms with van der Waals surface area (Å²) < 4.78 is 16.1. The molecule has 2 aromatic carbocycles. The summed E-state index contributed by atoms with van der Waals surface area (Å²) in [5, 5.41) is 4.76. The van der Waals surface area contributed by atoms with Crippen molar-refractivity contribution in [3.63, 3.8) is 0 Å². The Labute approximate surface area is 253 Å². The first-order chi connectivity index (χ1) is 19.5. The second-order valence-corrected chi connectivity index (χ2v) is 13.3. The van der Waals surface area contributed by atoms with E-state index < -0.39 is 5.60 Å². The van der Waals surface area contributed by atoms with Crippen molar-refractivity contribution in [3.05, 3.63) is 46.4 Å². The van der Waals surface area contributed by atoms with Gasteiger partial charge in [-0.05, 0) is 56.9 Å². The second kappa shape index (κ2) is 12.4. The fourth-order valence-corrected chi connectivity index (χ4v) is 6.83. The van der Waals surface area contributed by atoms with Crippen molar-refractivity contribution < 1.29 is 19.0 Å². The minimum absolute atomic E-state index is 0.198. The van der Waals surface area contributed by atoms with Crippen LogP contribution in [-0.2, 0) is 4.74 Å². The molecule has 8 nitrogen and oxygen atoms in total. The highest BCUT2D eigenvalue weighted by molar-refractivity contribution is 6.32. The summed E-state index contributed by atoms with van der Waals surface area (Å²) in [4.78, 5) is 18.9. The van der Waals surface area contributed by atoms with Crippen LogP contribution in [-0.4, -0.2) is 83.2 Å². The lowest BCUT2D eigenvalue weighted by Gasteiger charge is -2.26. The van der Waals surface area contributed by atoms with Gasteiger partial charge in [-0.15, -0.1) is 0 Å². The summed E-state index contributed by atoms with van der Waals surface area (Å²) in [5.41, 5.74) is 1.90. The zero-order chi connectivity index (χ0) is 29.3. The van der Waals surface area contributed by atoms with Gasteiger partial charge in [-0.2, -0.15) is 0 Å². The number of nitrogens with one attached hydrogen (secondary N) is 1. The molecule has 2 aromatic rings. The number of ether oxygens (including phenoxy) is 3. The van der Waals surface area contributed by atoms with E-state index in [0.29, 0.717) is 27.6 Å². The predicted molar refractivity (Wildman–Crippen MR) is 165 cm³/mol. The van der Waals surface area contributed by atoms with E-state index in [1.165, 1.54) is 5.69 Å². The zero-order valence-electron chi connectivity index (χ0n) is 24.7. The van der Waals surface area contributed by atoms with Gasteiger partial charge in [-0.25, -0.2) is 4.79 Å². The minimum Gasteiger partial charge on any atom is -0.495 e. The van der Waals surface area contributed by atoms with Gasteiger partial charge in [0, 0.05) is 87.7 Å². The number of likely N-dealkylation sites (tertiary alicyclic amines) is 1. The molecule has 4 atom stereocenters. The number of nitrogens with zero attached hydrogens (tertiary/aromatic N) is 3. The Balaban J connectivity index is 0.000000174. The van der Waals surface area contributed by atoms with Gasteiger partial charge >= 0.3 is 6.09 Å². The van der Waals surface area contributed by atoms with E-state index in [2.05, 4.69) is 21.2 Å². The third-order valence-electron chi connectivity index (χ3n) is 8.53. The van der Waals surface area contributed by atoms with E-state index in [9.17, 15) is 4.79 Å². The van der Waals surface area contributed by atoms with E-state index in [-0.39, 0.29) is 6.09 Å².